The van der Waals surface area contributed by atoms with Crippen LogP contribution in [0.25, 0.3) is 0 Å². The first-order valence-corrected chi connectivity index (χ1v) is 10.4. The summed E-state index contributed by atoms with van der Waals surface area (Å²) < 4.78 is 40.8. The number of fused-ring (bicyclic) bond motifs is 1. The van der Waals surface area contributed by atoms with Crippen LogP contribution in [0.3, 0.4) is 0 Å². The van der Waals surface area contributed by atoms with Crippen molar-refractivity contribution in [1.82, 2.24) is 9.78 Å². The number of sulfonamides is 1. The van der Waals surface area contributed by atoms with Crippen molar-refractivity contribution in [2.75, 3.05) is 11.3 Å². The normalized spacial score (nSPS) is 16.4. The molecule has 1 atom stereocenters. The van der Waals surface area contributed by atoms with Crippen molar-refractivity contribution < 1.29 is 17.9 Å². The zero-order chi connectivity index (χ0) is 18.1. The van der Waals surface area contributed by atoms with Crippen LogP contribution < -0.4 is 14.2 Å². The van der Waals surface area contributed by atoms with Gasteiger partial charge in [0.1, 0.15) is 10.8 Å². The molecular weight excluding hydrogens is 398 g/mol. The molecule has 3 aromatic rings. The van der Waals surface area contributed by atoms with Gasteiger partial charge < -0.3 is 9.47 Å². The summed E-state index contributed by atoms with van der Waals surface area (Å²) >= 11 is 6.80. The summed E-state index contributed by atoms with van der Waals surface area (Å²) in [6.07, 6.45) is 2.84. The quantitative estimate of drug-likeness (QED) is 0.696. The van der Waals surface area contributed by atoms with Gasteiger partial charge in [0, 0.05) is 6.20 Å². The third-order valence-corrected chi connectivity index (χ3v) is 6.76. The third-order valence-electron chi connectivity index (χ3n) is 3.66. The standard InChI is InChI=1S/C16H14ClN3O4S2/c17-15-5-6-16(25-15)26(21,22)19-11-7-18-20(8-11)9-12-10-23-13-3-1-2-4-14(13)24-12/h1-8,12,19H,9-10H2/t12-/m0/s1. The summed E-state index contributed by atoms with van der Waals surface area (Å²) in [5.41, 5.74) is 0.367. The summed E-state index contributed by atoms with van der Waals surface area (Å²) in [4.78, 5) is 0. The topological polar surface area (TPSA) is 82.5 Å². The van der Waals surface area contributed by atoms with Crippen molar-refractivity contribution in [3.05, 3.63) is 53.1 Å². The number of anilines is 1. The third kappa shape index (κ3) is 3.64. The molecule has 0 aliphatic carbocycles. The highest BCUT2D eigenvalue weighted by molar-refractivity contribution is 7.94. The fourth-order valence-electron chi connectivity index (χ4n) is 2.53. The van der Waals surface area contributed by atoms with Gasteiger partial charge in [-0.05, 0) is 24.3 Å². The summed E-state index contributed by atoms with van der Waals surface area (Å²) in [7, 11) is -3.68. The molecule has 1 aliphatic heterocycles. The van der Waals surface area contributed by atoms with Gasteiger partial charge in [-0.25, -0.2) is 8.42 Å². The first-order valence-electron chi connectivity index (χ1n) is 7.69. The first kappa shape index (κ1) is 17.2. The Morgan fingerprint density at radius 2 is 2.08 bits per heavy atom. The van der Waals surface area contributed by atoms with E-state index in [-0.39, 0.29) is 10.3 Å². The zero-order valence-corrected chi connectivity index (χ0v) is 15.7. The predicted octanol–water partition coefficient (Wildman–Crippen LogP) is 3.24. The minimum Gasteiger partial charge on any atom is -0.486 e. The van der Waals surface area contributed by atoms with Crippen molar-refractivity contribution in [1.29, 1.82) is 0 Å². The SMILES string of the molecule is O=S(=O)(Nc1cnn(C[C@H]2COc3ccccc3O2)c1)c1ccc(Cl)s1. The molecular formula is C16H14ClN3O4S2. The van der Waals surface area contributed by atoms with Crippen LogP contribution in [0.4, 0.5) is 5.69 Å². The fourth-order valence-corrected chi connectivity index (χ4v) is 5.04. The van der Waals surface area contributed by atoms with Gasteiger partial charge in [-0.3, -0.25) is 9.40 Å². The van der Waals surface area contributed by atoms with E-state index in [1.165, 1.54) is 12.3 Å². The fraction of sp³-hybridized carbons (Fsp3) is 0.188. The molecule has 0 bridgehead atoms. The lowest BCUT2D eigenvalue weighted by Gasteiger charge is -2.26. The van der Waals surface area contributed by atoms with Crippen molar-refractivity contribution in [2.45, 2.75) is 16.9 Å². The zero-order valence-electron chi connectivity index (χ0n) is 13.3. The lowest BCUT2D eigenvalue weighted by atomic mass is 10.2. The van der Waals surface area contributed by atoms with Crippen LogP contribution in [0, 0.1) is 0 Å². The van der Waals surface area contributed by atoms with E-state index < -0.39 is 10.0 Å². The Balaban J connectivity index is 1.42. The minimum absolute atomic E-state index is 0.149. The molecule has 26 heavy (non-hydrogen) atoms. The molecule has 0 unspecified atom stereocenters. The highest BCUT2D eigenvalue weighted by Gasteiger charge is 2.22. The molecule has 3 heterocycles. The van der Waals surface area contributed by atoms with E-state index in [1.54, 1.807) is 16.9 Å². The number of hydrogen-bond donors (Lipinski definition) is 1. The second-order valence-electron chi connectivity index (χ2n) is 5.61. The Morgan fingerprint density at radius 3 is 2.85 bits per heavy atom. The van der Waals surface area contributed by atoms with Gasteiger partial charge in [0.05, 0.1) is 22.8 Å². The van der Waals surface area contributed by atoms with Gasteiger partial charge >= 0.3 is 0 Å². The number of aromatic nitrogens is 2. The smallest absolute Gasteiger partial charge is 0.271 e. The molecule has 0 fully saturated rings. The molecule has 1 aromatic carbocycles. The number of nitrogens with one attached hydrogen (secondary N) is 1. The highest BCUT2D eigenvalue weighted by atomic mass is 35.5. The van der Waals surface area contributed by atoms with Crippen molar-refractivity contribution >= 4 is 38.6 Å². The number of para-hydroxylation sites is 2. The van der Waals surface area contributed by atoms with Gasteiger partial charge in [-0.2, -0.15) is 5.10 Å². The number of rotatable bonds is 5. The number of nitrogens with zero attached hydrogens (tertiary/aromatic N) is 2. The van der Waals surface area contributed by atoms with E-state index in [9.17, 15) is 8.42 Å². The van der Waals surface area contributed by atoms with E-state index in [2.05, 4.69) is 9.82 Å². The Labute approximate surface area is 159 Å². The summed E-state index contributed by atoms with van der Waals surface area (Å²) in [5, 5.41) is 4.18. The van der Waals surface area contributed by atoms with Crippen molar-refractivity contribution in [3.8, 4) is 11.5 Å². The molecule has 136 valence electrons. The Kier molecular flexibility index (Phi) is 4.51. The number of benzene rings is 1. The maximum Gasteiger partial charge on any atom is 0.271 e. The van der Waals surface area contributed by atoms with E-state index in [0.29, 0.717) is 34.7 Å². The Bertz CT molecular complexity index is 1030. The number of ether oxygens (including phenoxy) is 2. The van der Waals surface area contributed by atoms with Crippen LogP contribution in [0.2, 0.25) is 4.34 Å². The average molecular weight is 412 g/mol. The van der Waals surface area contributed by atoms with E-state index in [0.717, 1.165) is 11.3 Å². The number of hydrogen-bond acceptors (Lipinski definition) is 6. The molecule has 10 heteroatoms. The monoisotopic (exact) mass is 411 g/mol. The lowest BCUT2D eigenvalue weighted by molar-refractivity contribution is 0.0759. The summed E-state index contributed by atoms with van der Waals surface area (Å²) in [6.45, 7) is 0.826. The lowest BCUT2D eigenvalue weighted by Crippen LogP contribution is -2.33. The average Bonchev–Trinajstić information content (AvgIpc) is 3.24. The van der Waals surface area contributed by atoms with Gasteiger partial charge in [0.2, 0.25) is 0 Å². The molecule has 0 spiro atoms. The van der Waals surface area contributed by atoms with Gasteiger partial charge in [0.15, 0.2) is 17.6 Å². The molecule has 7 nitrogen and oxygen atoms in total. The Morgan fingerprint density at radius 1 is 1.27 bits per heavy atom. The molecule has 0 radical (unpaired) electrons. The molecule has 0 saturated carbocycles. The maximum absolute atomic E-state index is 12.3. The first-order chi connectivity index (χ1) is 12.5. The van der Waals surface area contributed by atoms with Crippen LogP contribution in [0.1, 0.15) is 0 Å². The second-order valence-corrected chi connectivity index (χ2v) is 9.24. The van der Waals surface area contributed by atoms with Gasteiger partial charge in [-0.1, -0.05) is 23.7 Å². The molecule has 0 amide bonds. The minimum atomic E-state index is -3.68. The highest BCUT2D eigenvalue weighted by Crippen LogP contribution is 2.31. The predicted molar refractivity (Wildman–Crippen MR) is 98.7 cm³/mol. The molecule has 0 saturated heterocycles. The molecule has 4 rings (SSSR count). The molecule has 1 N–H and O–H groups in total. The van der Waals surface area contributed by atoms with Crippen LogP contribution in [0.15, 0.2) is 53.0 Å². The van der Waals surface area contributed by atoms with Crippen LogP contribution in [-0.4, -0.2) is 30.9 Å². The van der Waals surface area contributed by atoms with Crippen molar-refractivity contribution in [2.24, 2.45) is 0 Å². The summed E-state index contributed by atoms with van der Waals surface area (Å²) in [6, 6.07) is 10.5. The van der Waals surface area contributed by atoms with E-state index in [4.69, 9.17) is 21.1 Å². The largest absolute Gasteiger partial charge is 0.486 e. The van der Waals surface area contributed by atoms with E-state index >= 15 is 0 Å². The summed E-state index contributed by atoms with van der Waals surface area (Å²) in [5.74, 6) is 1.40. The maximum atomic E-state index is 12.3. The Hall–Kier alpha value is -2.23. The van der Waals surface area contributed by atoms with Crippen LogP contribution in [0.5, 0.6) is 11.5 Å². The van der Waals surface area contributed by atoms with Crippen molar-refractivity contribution in [3.63, 3.8) is 0 Å². The van der Waals surface area contributed by atoms with Crippen LogP contribution in [-0.2, 0) is 16.6 Å². The van der Waals surface area contributed by atoms with Gasteiger partial charge in [0.25, 0.3) is 10.0 Å². The van der Waals surface area contributed by atoms with Crippen LogP contribution >= 0.6 is 22.9 Å². The van der Waals surface area contributed by atoms with E-state index in [1.807, 2.05) is 24.3 Å². The molecule has 2 aromatic heterocycles. The second kappa shape index (κ2) is 6.82. The number of halogens is 1. The molecule has 1 aliphatic rings. The van der Waals surface area contributed by atoms with Gasteiger partial charge in [-0.15, -0.1) is 11.3 Å². The number of thiophene rings is 1.